The van der Waals surface area contributed by atoms with Crippen molar-refractivity contribution in [3.05, 3.63) is 69.6 Å². The van der Waals surface area contributed by atoms with Crippen LogP contribution in [-0.2, 0) is 9.59 Å². The molecule has 0 atom stereocenters. The maximum atomic E-state index is 12.7. The molecule has 2 aromatic carbocycles. The van der Waals surface area contributed by atoms with Crippen molar-refractivity contribution in [2.45, 2.75) is 19.8 Å². The molecule has 5 nitrogen and oxygen atoms in total. The van der Waals surface area contributed by atoms with Gasteiger partial charge in [-0.25, -0.2) is 0 Å². The lowest BCUT2D eigenvalue weighted by Crippen LogP contribution is -2.29. The van der Waals surface area contributed by atoms with Crippen LogP contribution in [0, 0.1) is 0 Å². The van der Waals surface area contributed by atoms with Crippen LogP contribution in [0.25, 0.3) is 6.08 Å². The molecule has 1 aliphatic heterocycles. The molecule has 0 radical (unpaired) electrons. The third-order valence-electron chi connectivity index (χ3n) is 4.43. The van der Waals surface area contributed by atoms with Crippen LogP contribution < -0.4 is 5.32 Å². The number of anilines is 1. The first-order chi connectivity index (χ1) is 14.3. The summed E-state index contributed by atoms with van der Waals surface area (Å²) in [5.74, 6) is -0.368. The molecule has 1 aliphatic rings. The summed E-state index contributed by atoms with van der Waals surface area (Å²) >= 11 is 12.7. The zero-order valence-electron chi connectivity index (χ0n) is 16.2. The van der Waals surface area contributed by atoms with Crippen LogP contribution in [0.15, 0.2) is 53.4 Å². The molecule has 3 rings (SSSR count). The minimum absolute atomic E-state index is 0.0278. The maximum Gasteiger partial charge on any atom is 0.266 e. The molecule has 154 valence electrons. The normalized spacial score (nSPS) is 15.0. The lowest BCUT2D eigenvalue weighted by Gasteiger charge is -2.14. The van der Waals surface area contributed by atoms with E-state index in [0.29, 0.717) is 38.5 Å². The number of thiocarbonyl (C=S) groups is 1. The summed E-state index contributed by atoms with van der Waals surface area (Å²) in [5, 5.41) is 3.35. The van der Waals surface area contributed by atoms with E-state index in [9.17, 15) is 14.4 Å². The number of thioether (sulfide) groups is 1. The van der Waals surface area contributed by atoms with Gasteiger partial charge in [0.2, 0.25) is 5.91 Å². The van der Waals surface area contributed by atoms with Gasteiger partial charge in [-0.2, -0.15) is 0 Å². The molecule has 2 aromatic rings. The third-order valence-corrected chi connectivity index (χ3v) is 6.15. The Morgan fingerprint density at radius 1 is 1.17 bits per heavy atom. The molecule has 0 saturated carbocycles. The number of carbonyl (C=O) groups is 3. The maximum absolute atomic E-state index is 12.7. The van der Waals surface area contributed by atoms with Crippen LogP contribution in [0.5, 0.6) is 0 Å². The number of hydrogen-bond acceptors (Lipinski definition) is 5. The van der Waals surface area contributed by atoms with Crippen molar-refractivity contribution in [1.82, 2.24) is 4.90 Å². The van der Waals surface area contributed by atoms with Gasteiger partial charge in [-0.1, -0.05) is 53.8 Å². The van der Waals surface area contributed by atoms with Gasteiger partial charge in [0, 0.05) is 29.2 Å². The Morgan fingerprint density at radius 3 is 2.53 bits per heavy atom. The number of nitrogens with zero attached hydrogens (tertiary/aromatic N) is 1. The molecule has 1 fully saturated rings. The second-order valence-electron chi connectivity index (χ2n) is 6.64. The molecular formula is C22H19ClN2O3S2. The fraction of sp³-hybridized carbons (Fsp3) is 0.182. The number of halogens is 1. The molecule has 0 bridgehead atoms. The summed E-state index contributed by atoms with van der Waals surface area (Å²) in [5.41, 5.74) is 1.97. The second kappa shape index (κ2) is 10.0. The van der Waals surface area contributed by atoms with Crippen molar-refractivity contribution in [2.24, 2.45) is 0 Å². The van der Waals surface area contributed by atoms with Crippen molar-refractivity contribution in [3.8, 4) is 0 Å². The van der Waals surface area contributed by atoms with Crippen molar-refractivity contribution in [3.63, 3.8) is 0 Å². The number of Topliss-reactive ketones (excluding diaryl/α,β-unsaturated/α-hetero) is 1. The van der Waals surface area contributed by atoms with Gasteiger partial charge in [-0.3, -0.25) is 19.3 Å². The van der Waals surface area contributed by atoms with E-state index in [1.807, 2.05) is 18.2 Å². The molecule has 0 aromatic heterocycles. The van der Waals surface area contributed by atoms with E-state index >= 15 is 0 Å². The predicted molar refractivity (Wildman–Crippen MR) is 126 cm³/mol. The van der Waals surface area contributed by atoms with Gasteiger partial charge in [0.25, 0.3) is 5.91 Å². The number of rotatable bonds is 7. The number of amides is 2. The highest BCUT2D eigenvalue weighted by molar-refractivity contribution is 8.26. The number of nitrogens with one attached hydrogen (secondary N) is 1. The Balaban J connectivity index is 1.52. The lowest BCUT2D eigenvalue weighted by molar-refractivity contribution is -0.122. The highest BCUT2D eigenvalue weighted by Crippen LogP contribution is 2.33. The molecule has 1 saturated heterocycles. The first-order valence-corrected chi connectivity index (χ1v) is 10.9. The molecule has 0 spiro atoms. The third kappa shape index (κ3) is 5.56. The van der Waals surface area contributed by atoms with Crippen molar-refractivity contribution in [2.75, 3.05) is 11.9 Å². The van der Waals surface area contributed by atoms with Crippen LogP contribution >= 0.6 is 35.6 Å². The lowest BCUT2D eigenvalue weighted by atomic mass is 10.1. The Morgan fingerprint density at radius 2 is 1.87 bits per heavy atom. The number of carbonyl (C=O) groups excluding carboxylic acids is 3. The number of ketones is 1. The van der Waals surface area contributed by atoms with Crippen LogP contribution in [0.4, 0.5) is 5.69 Å². The SMILES string of the molecule is CC(=O)c1ccc(NC(=O)CCCN2C(=O)/C(=C\c3ccccc3Cl)SC2=S)cc1. The first kappa shape index (κ1) is 22.2. The summed E-state index contributed by atoms with van der Waals surface area (Å²) < 4.78 is 0.471. The smallest absolute Gasteiger partial charge is 0.266 e. The van der Waals surface area contributed by atoms with Gasteiger partial charge < -0.3 is 5.32 Å². The molecule has 0 unspecified atom stereocenters. The van der Waals surface area contributed by atoms with Crippen molar-refractivity contribution < 1.29 is 14.4 Å². The Labute approximate surface area is 189 Å². The standard InChI is InChI=1S/C22H19ClN2O3S2/c1-14(26)15-8-10-17(11-9-15)24-20(27)7-4-12-25-21(28)19(30-22(25)29)13-16-5-2-3-6-18(16)23/h2-3,5-6,8-11,13H,4,7,12H2,1H3,(H,24,27)/b19-13+. The summed E-state index contributed by atoms with van der Waals surface area (Å²) in [6.07, 6.45) is 2.46. The minimum Gasteiger partial charge on any atom is -0.326 e. The van der Waals surface area contributed by atoms with Gasteiger partial charge in [-0.15, -0.1) is 0 Å². The van der Waals surface area contributed by atoms with Crippen LogP contribution in [0.3, 0.4) is 0 Å². The predicted octanol–water partition coefficient (Wildman–Crippen LogP) is 5.16. The zero-order chi connectivity index (χ0) is 21.7. The van der Waals surface area contributed by atoms with Crippen molar-refractivity contribution >= 4 is 69.3 Å². The van der Waals surface area contributed by atoms with E-state index < -0.39 is 0 Å². The monoisotopic (exact) mass is 458 g/mol. The average molecular weight is 459 g/mol. The van der Waals surface area contributed by atoms with Gasteiger partial charge in [0.1, 0.15) is 4.32 Å². The molecular weight excluding hydrogens is 440 g/mol. The number of benzene rings is 2. The molecule has 2 amide bonds. The van der Waals surface area contributed by atoms with E-state index in [1.165, 1.54) is 23.6 Å². The van der Waals surface area contributed by atoms with Crippen molar-refractivity contribution in [1.29, 1.82) is 0 Å². The molecule has 30 heavy (non-hydrogen) atoms. The topological polar surface area (TPSA) is 66.5 Å². The Kier molecular flexibility index (Phi) is 7.42. The Hall–Kier alpha value is -2.48. The molecule has 0 aliphatic carbocycles. The van der Waals surface area contributed by atoms with E-state index in [4.69, 9.17) is 23.8 Å². The van der Waals surface area contributed by atoms with Crippen LogP contribution in [0.2, 0.25) is 5.02 Å². The average Bonchev–Trinajstić information content (AvgIpc) is 2.97. The fourth-order valence-corrected chi connectivity index (χ4v) is 4.33. The first-order valence-electron chi connectivity index (χ1n) is 9.26. The van der Waals surface area contributed by atoms with E-state index in [2.05, 4.69) is 5.32 Å². The van der Waals surface area contributed by atoms with Gasteiger partial charge in [-0.05, 0) is 55.3 Å². The highest BCUT2D eigenvalue weighted by Gasteiger charge is 2.31. The number of hydrogen-bond donors (Lipinski definition) is 1. The van der Waals surface area contributed by atoms with Gasteiger partial charge in [0.15, 0.2) is 5.78 Å². The molecule has 1 N–H and O–H groups in total. The summed E-state index contributed by atoms with van der Waals surface area (Å²) in [6, 6.07) is 14.0. The fourth-order valence-electron chi connectivity index (χ4n) is 2.84. The quantitative estimate of drug-likeness (QED) is 0.352. The summed E-state index contributed by atoms with van der Waals surface area (Å²) in [6.45, 7) is 1.85. The zero-order valence-corrected chi connectivity index (χ0v) is 18.6. The Bertz CT molecular complexity index is 1030. The highest BCUT2D eigenvalue weighted by atomic mass is 35.5. The van der Waals surface area contributed by atoms with Gasteiger partial charge >= 0.3 is 0 Å². The molecule has 8 heteroatoms. The summed E-state index contributed by atoms with van der Waals surface area (Å²) in [7, 11) is 0. The second-order valence-corrected chi connectivity index (χ2v) is 8.72. The molecule has 1 heterocycles. The minimum atomic E-state index is -0.176. The van der Waals surface area contributed by atoms with E-state index in [1.54, 1.807) is 36.4 Å². The van der Waals surface area contributed by atoms with E-state index in [0.717, 1.165) is 5.56 Å². The summed E-state index contributed by atoms with van der Waals surface area (Å²) in [4.78, 5) is 38.2. The van der Waals surface area contributed by atoms with Crippen LogP contribution in [-0.4, -0.2) is 33.4 Å². The van der Waals surface area contributed by atoms with Crippen LogP contribution in [0.1, 0.15) is 35.7 Å². The van der Waals surface area contributed by atoms with Gasteiger partial charge in [0.05, 0.1) is 4.91 Å². The van der Waals surface area contributed by atoms with E-state index in [-0.39, 0.29) is 24.0 Å². The largest absolute Gasteiger partial charge is 0.326 e.